The predicted octanol–water partition coefficient (Wildman–Crippen LogP) is -5.52. The number of carboxylic acids is 1. The minimum absolute atomic E-state index is 0.00285. The molecule has 4 atom stereocenters. The van der Waals surface area contributed by atoms with Gasteiger partial charge in [-0.05, 0) is 6.92 Å². The lowest BCUT2D eigenvalue weighted by molar-refractivity contribution is -0.139. The Balaban J connectivity index is 4.25. The molecule has 0 aliphatic carbocycles. The first-order valence-corrected chi connectivity index (χ1v) is 10.3. The summed E-state index contributed by atoms with van der Waals surface area (Å²) in [4.78, 5) is 68.6. The maximum atomic E-state index is 12.2. The van der Waals surface area contributed by atoms with Crippen LogP contribution in [0.25, 0.3) is 0 Å². The monoisotopic (exact) mass is 508 g/mol. The summed E-state index contributed by atoms with van der Waals surface area (Å²) < 4.78 is 10.2. The van der Waals surface area contributed by atoms with Crippen LogP contribution >= 0.6 is 0 Å². The standard InChI is InChI=1S/C18H32N6O11/c1-9(26)14(24-18(33)23-10(15(19)30)6-13(28)29)17(32)21-2-3-34-4-5-35-8-12(27)22-11(7-25)16(20)31/h9-11,14,25-26H,2-8H2,1H3,(H2,19,30)(H2,20,31)(H,21,32)(H,22,27)(H,28,29)(H2,23,24,33). The third-order valence-corrected chi connectivity index (χ3v) is 4.09. The van der Waals surface area contributed by atoms with E-state index in [1.165, 1.54) is 6.92 Å². The van der Waals surface area contributed by atoms with E-state index in [0.717, 1.165) is 0 Å². The van der Waals surface area contributed by atoms with Crippen molar-refractivity contribution in [3.63, 3.8) is 0 Å². The third-order valence-electron chi connectivity index (χ3n) is 4.09. The highest BCUT2D eigenvalue weighted by Gasteiger charge is 2.28. The number of rotatable bonds is 18. The molecule has 0 bridgehead atoms. The second-order valence-corrected chi connectivity index (χ2v) is 7.05. The molecule has 35 heavy (non-hydrogen) atoms. The average Bonchev–Trinajstić information content (AvgIpc) is 2.76. The molecule has 0 fully saturated rings. The third kappa shape index (κ3) is 14.4. The summed E-state index contributed by atoms with van der Waals surface area (Å²) >= 11 is 0. The molecule has 0 spiro atoms. The van der Waals surface area contributed by atoms with Crippen molar-refractivity contribution in [1.29, 1.82) is 0 Å². The van der Waals surface area contributed by atoms with Gasteiger partial charge in [0.25, 0.3) is 0 Å². The van der Waals surface area contributed by atoms with Gasteiger partial charge >= 0.3 is 12.0 Å². The molecule has 200 valence electrons. The molecule has 17 heteroatoms. The van der Waals surface area contributed by atoms with Gasteiger partial charge in [0.1, 0.15) is 24.7 Å². The zero-order valence-corrected chi connectivity index (χ0v) is 19.0. The van der Waals surface area contributed by atoms with Gasteiger partial charge in [0.05, 0.1) is 39.0 Å². The molecule has 0 saturated carbocycles. The summed E-state index contributed by atoms with van der Waals surface area (Å²) in [6.07, 6.45) is -2.11. The zero-order chi connectivity index (χ0) is 27.0. The van der Waals surface area contributed by atoms with Crippen LogP contribution in [0.4, 0.5) is 4.79 Å². The molecule has 0 aliphatic rings. The van der Waals surface area contributed by atoms with Gasteiger partial charge in [0.15, 0.2) is 0 Å². The molecule has 0 rings (SSSR count). The number of urea groups is 1. The Morgan fingerprint density at radius 1 is 0.886 bits per heavy atom. The number of carbonyl (C=O) groups is 6. The summed E-state index contributed by atoms with van der Waals surface area (Å²) in [6.45, 7) is 0.200. The fourth-order valence-electron chi connectivity index (χ4n) is 2.33. The van der Waals surface area contributed by atoms with Gasteiger partial charge in [-0.1, -0.05) is 0 Å². The van der Waals surface area contributed by atoms with E-state index in [4.69, 9.17) is 31.2 Å². The predicted molar refractivity (Wildman–Crippen MR) is 115 cm³/mol. The number of ether oxygens (including phenoxy) is 2. The Bertz CT molecular complexity index is 748. The summed E-state index contributed by atoms with van der Waals surface area (Å²) in [5, 5.41) is 36.1. The van der Waals surface area contributed by atoms with Gasteiger partial charge in [0.2, 0.25) is 23.6 Å². The van der Waals surface area contributed by atoms with Crippen LogP contribution < -0.4 is 32.7 Å². The maximum absolute atomic E-state index is 12.2. The first-order chi connectivity index (χ1) is 16.4. The number of hydrogen-bond donors (Lipinski definition) is 9. The summed E-state index contributed by atoms with van der Waals surface area (Å²) in [5.74, 6) is -4.82. The van der Waals surface area contributed by atoms with Crippen LogP contribution in [-0.4, -0.2) is 115 Å². The van der Waals surface area contributed by atoms with Crippen molar-refractivity contribution in [2.24, 2.45) is 11.5 Å². The molecular formula is C18H32N6O11. The highest BCUT2D eigenvalue weighted by molar-refractivity contribution is 5.91. The second kappa shape index (κ2) is 17.0. The van der Waals surface area contributed by atoms with E-state index in [2.05, 4.69) is 16.0 Å². The summed E-state index contributed by atoms with van der Waals surface area (Å²) in [6, 6.07) is -5.26. The van der Waals surface area contributed by atoms with E-state index in [-0.39, 0.29) is 26.4 Å². The van der Waals surface area contributed by atoms with E-state index in [1.807, 2.05) is 5.32 Å². The molecule has 0 aromatic rings. The Morgan fingerprint density at radius 2 is 1.49 bits per heavy atom. The Kier molecular flexibility index (Phi) is 15.3. The van der Waals surface area contributed by atoms with Crippen LogP contribution in [0, 0.1) is 0 Å². The van der Waals surface area contributed by atoms with Crippen molar-refractivity contribution in [1.82, 2.24) is 21.3 Å². The average molecular weight is 508 g/mol. The van der Waals surface area contributed by atoms with Crippen molar-refractivity contribution >= 4 is 35.6 Å². The summed E-state index contributed by atoms with van der Waals surface area (Å²) in [7, 11) is 0. The van der Waals surface area contributed by atoms with E-state index >= 15 is 0 Å². The van der Waals surface area contributed by atoms with Crippen LogP contribution in [-0.2, 0) is 33.4 Å². The van der Waals surface area contributed by atoms with E-state index < -0.39 is 79.5 Å². The first-order valence-electron chi connectivity index (χ1n) is 10.3. The Morgan fingerprint density at radius 3 is 2.00 bits per heavy atom. The Hall–Kier alpha value is -3.54. The molecular weight excluding hydrogens is 476 g/mol. The number of nitrogens with one attached hydrogen (secondary N) is 4. The van der Waals surface area contributed by atoms with Crippen molar-refractivity contribution in [3.05, 3.63) is 0 Å². The van der Waals surface area contributed by atoms with Crippen LogP contribution in [0.5, 0.6) is 0 Å². The molecule has 6 amide bonds. The highest BCUT2D eigenvalue weighted by atomic mass is 16.5. The number of aliphatic carboxylic acids is 1. The van der Waals surface area contributed by atoms with Gasteiger partial charge in [0, 0.05) is 6.54 Å². The quantitative estimate of drug-likeness (QED) is 0.0787. The summed E-state index contributed by atoms with van der Waals surface area (Å²) in [5.41, 5.74) is 9.98. The van der Waals surface area contributed by atoms with Crippen molar-refractivity contribution in [2.75, 3.05) is 39.6 Å². The van der Waals surface area contributed by atoms with Crippen LogP contribution in [0.1, 0.15) is 13.3 Å². The number of primary amides is 2. The number of hydrogen-bond acceptors (Lipinski definition) is 10. The van der Waals surface area contributed by atoms with E-state index in [1.54, 1.807) is 0 Å². The lowest BCUT2D eigenvalue weighted by atomic mass is 10.1. The SMILES string of the molecule is CC(O)C(NC(=O)NC(CC(=O)O)C(N)=O)C(=O)NCCOCCOCC(=O)NC(CO)C(N)=O. The smallest absolute Gasteiger partial charge is 0.316 e. The molecule has 0 aromatic carbocycles. The minimum atomic E-state index is -1.52. The first kappa shape index (κ1) is 31.5. The number of nitrogens with two attached hydrogens (primary N) is 2. The molecule has 4 unspecified atom stereocenters. The lowest BCUT2D eigenvalue weighted by Gasteiger charge is -2.22. The van der Waals surface area contributed by atoms with Crippen LogP contribution in [0.15, 0.2) is 0 Å². The van der Waals surface area contributed by atoms with Crippen LogP contribution in [0.3, 0.4) is 0 Å². The second-order valence-electron chi connectivity index (χ2n) is 7.05. The van der Waals surface area contributed by atoms with Gasteiger partial charge in [-0.2, -0.15) is 0 Å². The van der Waals surface area contributed by atoms with Gasteiger partial charge in [-0.15, -0.1) is 0 Å². The largest absolute Gasteiger partial charge is 0.481 e. The minimum Gasteiger partial charge on any atom is -0.481 e. The molecule has 0 aliphatic heterocycles. The van der Waals surface area contributed by atoms with Crippen molar-refractivity contribution < 1.29 is 53.6 Å². The zero-order valence-electron chi connectivity index (χ0n) is 19.0. The molecule has 11 N–H and O–H groups in total. The number of carbonyl (C=O) groups excluding carboxylic acids is 5. The van der Waals surface area contributed by atoms with Crippen molar-refractivity contribution in [2.45, 2.75) is 37.6 Å². The molecule has 0 saturated heterocycles. The van der Waals surface area contributed by atoms with Gasteiger partial charge < -0.3 is 57.5 Å². The molecule has 0 aromatic heterocycles. The topological polar surface area (TPSA) is 282 Å². The number of carboxylic acid groups (broad SMARTS) is 1. The molecule has 0 radical (unpaired) electrons. The number of amides is 6. The number of aliphatic hydroxyl groups is 2. The van der Waals surface area contributed by atoms with Crippen molar-refractivity contribution in [3.8, 4) is 0 Å². The van der Waals surface area contributed by atoms with E-state index in [9.17, 15) is 33.9 Å². The number of aliphatic hydroxyl groups excluding tert-OH is 2. The van der Waals surface area contributed by atoms with E-state index in [0.29, 0.717) is 0 Å². The fourth-order valence-corrected chi connectivity index (χ4v) is 2.33. The molecule has 0 heterocycles. The normalized spacial score (nSPS) is 14.0. The molecule has 17 nitrogen and oxygen atoms in total. The maximum Gasteiger partial charge on any atom is 0.316 e. The lowest BCUT2D eigenvalue weighted by Crippen LogP contribution is -2.58. The Labute approximate surface area is 199 Å². The highest BCUT2D eigenvalue weighted by Crippen LogP contribution is 1.96. The van der Waals surface area contributed by atoms with Gasteiger partial charge in [-0.3, -0.25) is 24.0 Å². The fraction of sp³-hybridized carbons (Fsp3) is 0.667. The van der Waals surface area contributed by atoms with Gasteiger partial charge in [-0.25, -0.2) is 4.79 Å². The van der Waals surface area contributed by atoms with Crippen LogP contribution in [0.2, 0.25) is 0 Å².